The van der Waals surface area contributed by atoms with Crippen LogP contribution in [0.3, 0.4) is 0 Å². The minimum atomic E-state index is -0.0762. The summed E-state index contributed by atoms with van der Waals surface area (Å²) in [7, 11) is 3.48. The lowest BCUT2D eigenvalue weighted by Gasteiger charge is -2.05. The Balaban J connectivity index is 2.88. The Bertz CT molecular complexity index is 505. The van der Waals surface area contributed by atoms with E-state index in [-0.39, 0.29) is 6.61 Å². The van der Waals surface area contributed by atoms with Crippen molar-refractivity contribution in [3.8, 4) is 5.75 Å². The second kappa shape index (κ2) is 3.76. The molecule has 0 atom stereocenters. The van der Waals surface area contributed by atoms with Crippen molar-refractivity contribution in [3.63, 3.8) is 0 Å². The number of rotatable bonds is 2. The van der Waals surface area contributed by atoms with Gasteiger partial charge in [-0.3, -0.25) is 0 Å². The van der Waals surface area contributed by atoms with Crippen LogP contribution in [0.25, 0.3) is 10.9 Å². The number of fused-ring (bicyclic) bond motifs is 1. The van der Waals surface area contributed by atoms with Gasteiger partial charge in [-0.05, 0) is 6.07 Å². The van der Waals surface area contributed by atoms with E-state index in [0.29, 0.717) is 10.7 Å². The van der Waals surface area contributed by atoms with Crippen molar-refractivity contribution in [3.05, 3.63) is 28.9 Å². The normalized spacial score (nSPS) is 10.9. The van der Waals surface area contributed by atoms with Crippen LogP contribution in [0.15, 0.2) is 18.2 Å². The van der Waals surface area contributed by atoms with E-state index in [0.717, 1.165) is 16.7 Å². The van der Waals surface area contributed by atoms with Crippen LogP contribution in [0.5, 0.6) is 5.75 Å². The van der Waals surface area contributed by atoms with Crippen LogP contribution in [-0.4, -0.2) is 16.8 Å². The summed E-state index contributed by atoms with van der Waals surface area (Å²) in [6, 6.07) is 5.67. The van der Waals surface area contributed by atoms with Crippen LogP contribution >= 0.6 is 11.6 Å². The van der Waals surface area contributed by atoms with Crippen molar-refractivity contribution >= 4 is 22.5 Å². The fourth-order valence-electron chi connectivity index (χ4n) is 1.82. The van der Waals surface area contributed by atoms with Crippen LogP contribution in [-0.2, 0) is 13.7 Å². The molecule has 0 bridgehead atoms. The van der Waals surface area contributed by atoms with Gasteiger partial charge in [-0.15, -0.1) is 0 Å². The second-order valence-electron chi connectivity index (χ2n) is 3.33. The van der Waals surface area contributed by atoms with Crippen molar-refractivity contribution < 1.29 is 9.84 Å². The van der Waals surface area contributed by atoms with Crippen LogP contribution in [0.2, 0.25) is 5.02 Å². The van der Waals surface area contributed by atoms with Gasteiger partial charge < -0.3 is 14.4 Å². The Morgan fingerprint density at radius 2 is 2.20 bits per heavy atom. The van der Waals surface area contributed by atoms with Crippen molar-refractivity contribution in [2.45, 2.75) is 6.61 Å². The molecule has 0 aliphatic heterocycles. The fourth-order valence-corrected chi connectivity index (χ4v) is 2.16. The van der Waals surface area contributed by atoms with Crippen LogP contribution in [0.1, 0.15) is 5.69 Å². The number of aliphatic hydroxyl groups is 1. The maximum Gasteiger partial charge on any atom is 0.143 e. The first-order valence-corrected chi connectivity index (χ1v) is 4.99. The molecule has 0 unspecified atom stereocenters. The van der Waals surface area contributed by atoms with E-state index >= 15 is 0 Å². The third kappa shape index (κ3) is 1.39. The molecule has 0 aliphatic rings. The van der Waals surface area contributed by atoms with E-state index in [4.69, 9.17) is 16.3 Å². The van der Waals surface area contributed by atoms with Gasteiger partial charge in [0.2, 0.25) is 0 Å². The van der Waals surface area contributed by atoms with Crippen LogP contribution < -0.4 is 4.74 Å². The van der Waals surface area contributed by atoms with E-state index in [2.05, 4.69) is 0 Å². The standard InChI is InChI=1S/C11H12ClNO2/c1-13-8(6-14)10(12)7-4-3-5-9(15-2)11(7)13/h3-5,14H,6H2,1-2H3. The molecule has 2 rings (SSSR count). The lowest BCUT2D eigenvalue weighted by atomic mass is 10.2. The molecule has 0 saturated heterocycles. The van der Waals surface area contributed by atoms with Gasteiger partial charge in [-0.2, -0.15) is 0 Å². The summed E-state index contributed by atoms with van der Waals surface area (Å²) < 4.78 is 7.12. The predicted molar refractivity (Wildman–Crippen MR) is 60.4 cm³/mol. The van der Waals surface area contributed by atoms with Gasteiger partial charge in [0.15, 0.2) is 0 Å². The van der Waals surface area contributed by atoms with Gasteiger partial charge in [0, 0.05) is 12.4 Å². The lowest BCUT2D eigenvalue weighted by molar-refractivity contribution is 0.273. The van der Waals surface area contributed by atoms with Crippen molar-refractivity contribution in [2.75, 3.05) is 7.11 Å². The van der Waals surface area contributed by atoms with Crippen LogP contribution in [0.4, 0.5) is 0 Å². The maximum absolute atomic E-state index is 9.22. The van der Waals surface area contributed by atoms with Gasteiger partial charge >= 0.3 is 0 Å². The zero-order valence-electron chi connectivity index (χ0n) is 8.62. The first-order valence-electron chi connectivity index (χ1n) is 4.61. The number of hydrogen-bond donors (Lipinski definition) is 1. The average molecular weight is 226 g/mol. The highest BCUT2D eigenvalue weighted by atomic mass is 35.5. The van der Waals surface area contributed by atoms with E-state index in [1.807, 2.05) is 29.8 Å². The third-order valence-electron chi connectivity index (χ3n) is 2.60. The van der Waals surface area contributed by atoms with Crippen molar-refractivity contribution in [1.29, 1.82) is 0 Å². The lowest BCUT2D eigenvalue weighted by Crippen LogP contribution is -1.97. The number of benzene rings is 1. The third-order valence-corrected chi connectivity index (χ3v) is 3.02. The molecule has 1 heterocycles. The SMILES string of the molecule is COc1cccc2c(Cl)c(CO)n(C)c12. The summed E-state index contributed by atoms with van der Waals surface area (Å²) in [5.41, 5.74) is 1.62. The monoisotopic (exact) mass is 225 g/mol. The van der Waals surface area contributed by atoms with Gasteiger partial charge in [-0.25, -0.2) is 0 Å². The number of aromatic nitrogens is 1. The maximum atomic E-state index is 9.22. The number of ether oxygens (including phenoxy) is 1. The summed E-state index contributed by atoms with van der Waals surface area (Å²) in [6.07, 6.45) is 0. The molecule has 15 heavy (non-hydrogen) atoms. The fraction of sp³-hybridized carbons (Fsp3) is 0.273. The largest absolute Gasteiger partial charge is 0.495 e. The number of nitrogens with zero attached hydrogens (tertiary/aromatic N) is 1. The molecule has 2 aromatic rings. The first kappa shape index (κ1) is 10.3. The number of aryl methyl sites for hydroxylation is 1. The Kier molecular flexibility index (Phi) is 2.59. The highest BCUT2D eigenvalue weighted by Gasteiger charge is 2.15. The summed E-state index contributed by atoms with van der Waals surface area (Å²) in [4.78, 5) is 0. The molecular weight excluding hydrogens is 214 g/mol. The Morgan fingerprint density at radius 3 is 2.80 bits per heavy atom. The zero-order chi connectivity index (χ0) is 11.0. The average Bonchev–Trinajstić information content (AvgIpc) is 2.51. The molecule has 1 aromatic carbocycles. The second-order valence-corrected chi connectivity index (χ2v) is 3.71. The molecule has 0 spiro atoms. The number of methoxy groups -OCH3 is 1. The molecule has 80 valence electrons. The van der Waals surface area contributed by atoms with Gasteiger partial charge in [-0.1, -0.05) is 23.7 Å². The Labute approximate surface area is 92.8 Å². The number of halogens is 1. The highest BCUT2D eigenvalue weighted by molar-refractivity contribution is 6.36. The minimum Gasteiger partial charge on any atom is -0.495 e. The minimum absolute atomic E-state index is 0.0762. The summed E-state index contributed by atoms with van der Waals surface area (Å²) in [5, 5.41) is 10.7. The molecule has 1 aromatic heterocycles. The number of para-hydroxylation sites is 1. The summed E-state index contributed by atoms with van der Waals surface area (Å²) in [5.74, 6) is 0.761. The van der Waals surface area contributed by atoms with E-state index < -0.39 is 0 Å². The Morgan fingerprint density at radius 1 is 1.47 bits per heavy atom. The van der Waals surface area contributed by atoms with E-state index in [9.17, 15) is 5.11 Å². The van der Waals surface area contributed by atoms with E-state index in [1.54, 1.807) is 7.11 Å². The van der Waals surface area contributed by atoms with Crippen molar-refractivity contribution in [1.82, 2.24) is 4.57 Å². The molecule has 1 N–H and O–H groups in total. The topological polar surface area (TPSA) is 34.4 Å². The first-order chi connectivity index (χ1) is 7.20. The smallest absolute Gasteiger partial charge is 0.143 e. The van der Waals surface area contributed by atoms with Gasteiger partial charge in [0.25, 0.3) is 0 Å². The molecule has 0 amide bonds. The van der Waals surface area contributed by atoms with Gasteiger partial charge in [0.05, 0.1) is 29.9 Å². The Hall–Kier alpha value is -1.19. The molecule has 3 nitrogen and oxygen atoms in total. The van der Waals surface area contributed by atoms with Crippen LogP contribution in [0, 0.1) is 0 Å². The van der Waals surface area contributed by atoms with Crippen molar-refractivity contribution in [2.24, 2.45) is 7.05 Å². The molecular formula is C11H12ClNO2. The molecule has 0 fully saturated rings. The quantitative estimate of drug-likeness (QED) is 0.851. The number of hydrogen-bond acceptors (Lipinski definition) is 2. The summed E-state index contributed by atoms with van der Waals surface area (Å²) in [6.45, 7) is -0.0762. The molecule has 0 saturated carbocycles. The molecule has 0 aliphatic carbocycles. The van der Waals surface area contributed by atoms with E-state index in [1.165, 1.54) is 0 Å². The molecule has 0 radical (unpaired) electrons. The zero-order valence-corrected chi connectivity index (χ0v) is 9.38. The summed E-state index contributed by atoms with van der Waals surface area (Å²) >= 11 is 6.16. The predicted octanol–water partition coefficient (Wildman–Crippen LogP) is 2.33. The number of aliphatic hydroxyl groups excluding tert-OH is 1. The highest BCUT2D eigenvalue weighted by Crippen LogP contribution is 2.35. The van der Waals surface area contributed by atoms with Gasteiger partial charge in [0.1, 0.15) is 5.75 Å². The molecule has 4 heteroatoms.